The van der Waals surface area contributed by atoms with Crippen LogP contribution in [-0.2, 0) is 0 Å². The van der Waals surface area contributed by atoms with Gasteiger partial charge in [0, 0.05) is 5.56 Å². The maximum atomic E-state index is 11.0. The smallest absolute Gasteiger partial charge is 0.335 e. The predicted molar refractivity (Wildman–Crippen MR) is 68.9 cm³/mol. The van der Waals surface area contributed by atoms with Crippen molar-refractivity contribution in [3.8, 4) is 17.2 Å². The Morgan fingerprint density at radius 1 is 1.16 bits per heavy atom. The molecule has 2 aromatic carbocycles. The van der Waals surface area contributed by atoms with Crippen LogP contribution in [0.15, 0.2) is 42.5 Å². The number of hydrogen-bond acceptors (Lipinski definition) is 3. The number of nitrogens with zero attached hydrogens (tertiary/aromatic N) is 1. The average molecular weight is 251 g/mol. The Bertz CT molecular complexity index is 699. The highest BCUT2D eigenvalue weighted by Gasteiger charge is 2.08. The molecule has 0 aliphatic heterocycles. The van der Waals surface area contributed by atoms with Gasteiger partial charge in [0.25, 0.3) is 0 Å². The van der Waals surface area contributed by atoms with Gasteiger partial charge in [-0.1, -0.05) is 12.1 Å². The van der Waals surface area contributed by atoms with E-state index in [-0.39, 0.29) is 11.1 Å². The van der Waals surface area contributed by atoms with Crippen molar-refractivity contribution in [2.24, 2.45) is 0 Å². The normalized spacial score (nSPS) is 9.63. The zero-order valence-electron chi connectivity index (χ0n) is 9.83. The molecule has 0 fully saturated rings. The van der Waals surface area contributed by atoms with E-state index in [1.807, 2.05) is 6.07 Å². The molecule has 0 unspecified atom stereocenters. The quantitative estimate of drug-likeness (QED) is 0.851. The Morgan fingerprint density at radius 3 is 2.58 bits per heavy atom. The highest BCUT2D eigenvalue weighted by atomic mass is 16.4. The highest BCUT2D eigenvalue weighted by Crippen LogP contribution is 2.23. The number of carbonyl (C=O) groups excluding carboxylic acids is 1. The fourth-order valence-corrected chi connectivity index (χ4v) is 1.78. The molecule has 0 bridgehead atoms. The first-order chi connectivity index (χ1) is 9.13. The van der Waals surface area contributed by atoms with E-state index in [2.05, 4.69) is 0 Å². The van der Waals surface area contributed by atoms with Crippen LogP contribution in [0, 0.1) is 11.3 Å². The summed E-state index contributed by atoms with van der Waals surface area (Å²) in [4.78, 5) is 21.9. The number of hydrogen-bond donors (Lipinski definition) is 1. The Balaban J connectivity index is 2.61. The summed E-state index contributed by atoms with van der Waals surface area (Å²) in [5.41, 5.74) is 2.11. The lowest BCUT2D eigenvalue weighted by molar-refractivity contribution is 0.0697. The van der Waals surface area contributed by atoms with Gasteiger partial charge in [0.2, 0.25) is 0 Å². The van der Waals surface area contributed by atoms with E-state index in [1.165, 1.54) is 12.1 Å². The number of rotatable bonds is 3. The number of carboxylic acid groups (broad SMARTS) is 1. The van der Waals surface area contributed by atoms with E-state index in [0.29, 0.717) is 23.0 Å². The minimum atomic E-state index is -1.10. The molecular formula is C15H9NO3. The molecule has 2 rings (SSSR count). The van der Waals surface area contributed by atoms with Crippen LogP contribution in [0.3, 0.4) is 0 Å². The minimum Gasteiger partial charge on any atom is -0.478 e. The van der Waals surface area contributed by atoms with E-state index in [1.54, 1.807) is 30.3 Å². The average Bonchev–Trinajstić information content (AvgIpc) is 2.46. The largest absolute Gasteiger partial charge is 0.478 e. The van der Waals surface area contributed by atoms with Crippen molar-refractivity contribution >= 4 is 12.3 Å². The second kappa shape index (κ2) is 5.15. The van der Waals surface area contributed by atoms with Gasteiger partial charge in [-0.15, -0.1) is 0 Å². The van der Waals surface area contributed by atoms with Crippen LogP contribution in [0.2, 0.25) is 0 Å². The minimum absolute atomic E-state index is 0.0435. The number of aldehydes is 1. The highest BCUT2D eigenvalue weighted by molar-refractivity contribution is 5.92. The van der Waals surface area contributed by atoms with Crippen LogP contribution in [0.1, 0.15) is 26.3 Å². The molecular weight excluding hydrogens is 242 g/mol. The third kappa shape index (κ3) is 2.67. The van der Waals surface area contributed by atoms with E-state index in [0.717, 1.165) is 0 Å². The monoisotopic (exact) mass is 251 g/mol. The maximum Gasteiger partial charge on any atom is 0.335 e. The third-order valence-electron chi connectivity index (χ3n) is 2.66. The van der Waals surface area contributed by atoms with Crippen LogP contribution in [0.5, 0.6) is 0 Å². The summed E-state index contributed by atoms with van der Waals surface area (Å²) in [7, 11) is 0. The van der Waals surface area contributed by atoms with E-state index >= 15 is 0 Å². The third-order valence-corrected chi connectivity index (χ3v) is 2.66. The van der Waals surface area contributed by atoms with Crippen LogP contribution >= 0.6 is 0 Å². The number of carboxylic acids is 1. The first-order valence-electron chi connectivity index (χ1n) is 5.48. The lowest BCUT2D eigenvalue weighted by Crippen LogP contribution is -1.98. The summed E-state index contributed by atoms with van der Waals surface area (Å²) in [5.74, 6) is -1.10. The summed E-state index contributed by atoms with van der Waals surface area (Å²) in [6.07, 6.45) is 0.601. The summed E-state index contributed by atoms with van der Waals surface area (Å²) in [6, 6.07) is 13.2. The Kier molecular flexibility index (Phi) is 3.39. The molecule has 0 saturated carbocycles. The van der Waals surface area contributed by atoms with Gasteiger partial charge in [0.1, 0.15) is 6.29 Å². The standard InChI is InChI=1S/C15H9NO3/c16-8-10-2-1-3-12(4-10)13-5-11(9-17)6-14(7-13)15(18)19/h1-7,9H,(H,18,19). The van der Waals surface area contributed by atoms with E-state index in [9.17, 15) is 9.59 Å². The molecule has 0 atom stereocenters. The first-order valence-corrected chi connectivity index (χ1v) is 5.48. The van der Waals surface area contributed by atoms with E-state index in [4.69, 9.17) is 10.4 Å². The zero-order chi connectivity index (χ0) is 13.8. The summed E-state index contributed by atoms with van der Waals surface area (Å²) < 4.78 is 0. The molecule has 2 aromatic rings. The molecule has 0 amide bonds. The van der Waals surface area contributed by atoms with Crippen molar-refractivity contribution in [2.75, 3.05) is 0 Å². The Hall–Kier alpha value is -2.93. The molecule has 0 spiro atoms. The molecule has 0 aliphatic carbocycles. The summed E-state index contributed by atoms with van der Waals surface area (Å²) in [5, 5.41) is 17.9. The molecule has 19 heavy (non-hydrogen) atoms. The second-order valence-corrected chi connectivity index (χ2v) is 3.96. The molecule has 4 nitrogen and oxygen atoms in total. The van der Waals surface area contributed by atoms with Crippen LogP contribution < -0.4 is 0 Å². The van der Waals surface area contributed by atoms with Gasteiger partial charge < -0.3 is 5.11 Å². The lowest BCUT2D eigenvalue weighted by atomic mass is 9.99. The van der Waals surface area contributed by atoms with Crippen molar-refractivity contribution in [1.29, 1.82) is 5.26 Å². The molecule has 4 heteroatoms. The topological polar surface area (TPSA) is 78.2 Å². The second-order valence-electron chi connectivity index (χ2n) is 3.96. The van der Waals surface area contributed by atoms with Gasteiger partial charge in [-0.2, -0.15) is 5.26 Å². The van der Waals surface area contributed by atoms with Crippen molar-refractivity contribution in [3.05, 3.63) is 59.2 Å². The van der Waals surface area contributed by atoms with Crippen LogP contribution in [0.25, 0.3) is 11.1 Å². The van der Waals surface area contributed by atoms with Gasteiger partial charge in [0.15, 0.2) is 0 Å². The van der Waals surface area contributed by atoms with Crippen molar-refractivity contribution in [2.45, 2.75) is 0 Å². The molecule has 0 radical (unpaired) electrons. The maximum absolute atomic E-state index is 11.0. The van der Waals surface area contributed by atoms with Gasteiger partial charge in [-0.3, -0.25) is 4.79 Å². The van der Waals surface area contributed by atoms with Gasteiger partial charge in [-0.05, 0) is 41.5 Å². The zero-order valence-corrected chi connectivity index (χ0v) is 9.83. The van der Waals surface area contributed by atoms with Gasteiger partial charge in [0.05, 0.1) is 17.2 Å². The molecule has 0 aromatic heterocycles. The molecule has 0 heterocycles. The number of nitriles is 1. The Labute approximate surface area is 109 Å². The molecule has 0 saturated heterocycles. The first kappa shape index (κ1) is 12.5. The number of carbonyl (C=O) groups is 2. The van der Waals surface area contributed by atoms with Crippen molar-refractivity contribution in [1.82, 2.24) is 0 Å². The lowest BCUT2D eigenvalue weighted by Gasteiger charge is -2.05. The number of benzene rings is 2. The van der Waals surface area contributed by atoms with Crippen LogP contribution in [0.4, 0.5) is 0 Å². The van der Waals surface area contributed by atoms with E-state index < -0.39 is 5.97 Å². The fraction of sp³-hybridized carbons (Fsp3) is 0. The summed E-state index contributed by atoms with van der Waals surface area (Å²) in [6.45, 7) is 0. The predicted octanol–water partition coefficient (Wildman–Crippen LogP) is 2.74. The van der Waals surface area contributed by atoms with Gasteiger partial charge in [-0.25, -0.2) is 4.79 Å². The van der Waals surface area contributed by atoms with Crippen molar-refractivity contribution < 1.29 is 14.7 Å². The summed E-state index contributed by atoms with van der Waals surface area (Å²) >= 11 is 0. The van der Waals surface area contributed by atoms with Crippen molar-refractivity contribution in [3.63, 3.8) is 0 Å². The molecule has 1 N–H and O–H groups in total. The number of aromatic carboxylic acids is 1. The SMILES string of the molecule is N#Cc1cccc(-c2cc(C=O)cc(C(=O)O)c2)c1. The van der Waals surface area contributed by atoms with Crippen LogP contribution in [-0.4, -0.2) is 17.4 Å². The van der Waals surface area contributed by atoms with Gasteiger partial charge >= 0.3 is 5.97 Å². The molecule has 0 aliphatic rings. The molecule has 92 valence electrons. The Morgan fingerprint density at radius 2 is 1.95 bits per heavy atom. The fourth-order valence-electron chi connectivity index (χ4n) is 1.78.